The molecule has 3 aromatic rings. The minimum Gasteiger partial charge on any atom is -0.351 e. The highest BCUT2D eigenvalue weighted by Gasteiger charge is 2.34. The predicted octanol–water partition coefficient (Wildman–Crippen LogP) is 1.00. The monoisotopic (exact) mass is 341 g/mol. The summed E-state index contributed by atoms with van der Waals surface area (Å²) in [5.41, 5.74) is -1.18. The molecular weight excluding hydrogens is 331 g/mol. The highest BCUT2D eigenvalue weighted by atomic mass is 19.4. The van der Waals surface area contributed by atoms with Crippen molar-refractivity contribution in [3.63, 3.8) is 0 Å². The summed E-state index contributed by atoms with van der Waals surface area (Å²) in [5.74, 6) is -1.05. The molecule has 8 nitrogen and oxygen atoms in total. The Bertz CT molecular complexity index is 940. The molecule has 3 aromatic heterocycles. The van der Waals surface area contributed by atoms with Gasteiger partial charge in [-0.3, -0.25) is 14.3 Å². The largest absolute Gasteiger partial charge is 0.438 e. The van der Waals surface area contributed by atoms with E-state index in [1.165, 1.54) is 18.3 Å². The zero-order valence-corrected chi connectivity index (χ0v) is 11.9. The van der Waals surface area contributed by atoms with Crippen molar-refractivity contribution >= 4 is 11.6 Å². The van der Waals surface area contributed by atoms with Crippen LogP contribution in [0.1, 0.15) is 21.9 Å². The Morgan fingerprint density at radius 3 is 2.88 bits per heavy atom. The predicted molar refractivity (Wildman–Crippen MR) is 73.4 cm³/mol. The van der Waals surface area contributed by atoms with E-state index in [4.69, 9.17) is 0 Å². The first-order valence-electron chi connectivity index (χ1n) is 6.72. The number of nitrogens with zero attached hydrogens (tertiary/aromatic N) is 3. The number of pyridine rings is 1. The van der Waals surface area contributed by atoms with E-state index in [0.717, 1.165) is 10.6 Å². The van der Waals surface area contributed by atoms with Gasteiger partial charge in [0, 0.05) is 25.4 Å². The van der Waals surface area contributed by atoms with Crippen LogP contribution in [-0.4, -0.2) is 32.0 Å². The summed E-state index contributed by atoms with van der Waals surface area (Å²) in [4.78, 5) is 28.7. The van der Waals surface area contributed by atoms with Gasteiger partial charge in [-0.05, 0) is 12.1 Å². The van der Waals surface area contributed by atoms with Crippen molar-refractivity contribution in [3.8, 4) is 0 Å². The van der Waals surface area contributed by atoms with Crippen LogP contribution in [0, 0.1) is 0 Å². The van der Waals surface area contributed by atoms with Crippen LogP contribution >= 0.6 is 0 Å². The number of amides is 1. The van der Waals surface area contributed by atoms with E-state index in [2.05, 4.69) is 25.0 Å². The number of hydrogen-bond acceptors (Lipinski definition) is 5. The number of rotatable bonds is 4. The molecule has 0 fully saturated rings. The molecule has 0 aliphatic carbocycles. The molecule has 0 unspecified atom stereocenters. The second-order valence-electron chi connectivity index (χ2n) is 4.82. The fraction of sp³-hybridized carbons (Fsp3) is 0.231. The highest BCUT2D eigenvalue weighted by Crippen LogP contribution is 2.28. The third-order valence-electron chi connectivity index (χ3n) is 3.15. The number of imidazole rings is 1. The lowest BCUT2D eigenvalue weighted by Crippen LogP contribution is -2.26. The van der Waals surface area contributed by atoms with Gasteiger partial charge in [-0.2, -0.15) is 13.2 Å². The third-order valence-corrected chi connectivity index (χ3v) is 3.15. The standard InChI is InChI=1S/C13H10F3N5O3/c14-13(15,16)8-6-21-5-1-2-7(10(21)18-8)11(22)17-4-3-9-19-12(23)24-20-9/h1-2,5-6H,3-4H2,(H,17,22)(H,19,20,23). The van der Waals surface area contributed by atoms with Gasteiger partial charge in [0.15, 0.2) is 11.5 Å². The van der Waals surface area contributed by atoms with E-state index in [1.807, 2.05) is 0 Å². The molecule has 0 saturated carbocycles. The van der Waals surface area contributed by atoms with Crippen molar-refractivity contribution in [1.82, 2.24) is 24.8 Å². The summed E-state index contributed by atoms with van der Waals surface area (Å²) in [6, 6.07) is 2.81. The normalized spacial score (nSPS) is 11.8. The van der Waals surface area contributed by atoms with Crippen LogP contribution in [-0.2, 0) is 12.6 Å². The van der Waals surface area contributed by atoms with E-state index in [-0.39, 0.29) is 30.0 Å². The molecule has 0 aromatic carbocycles. The Morgan fingerprint density at radius 2 is 2.21 bits per heavy atom. The molecule has 0 radical (unpaired) electrons. The van der Waals surface area contributed by atoms with Gasteiger partial charge in [0.05, 0.1) is 5.56 Å². The second kappa shape index (κ2) is 5.83. The fourth-order valence-corrected chi connectivity index (χ4v) is 2.08. The minimum absolute atomic E-state index is 0.00152. The number of halogens is 3. The number of carbonyl (C=O) groups is 1. The number of nitrogens with one attached hydrogen (secondary N) is 2. The van der Waals surface area contributed by atoms with Gasteiger partial charge in [-0.25, -0.2) is 9.78 Å². The number of hydrogen-bond donors (Lipinski definition) is 2. The second-order valence-corrected chi connectivity index (χ2v) is 4.82. The molecule has 0 spiro atoms. The van der Waals surface area contributed by atoms with Gasteiger partial charge in [-0.1, -0.05) is 5.16 Å². The van der Waals surface area contributed by atoms with Crippen molar-refractivity contribution in [2.75, 3.05) is 6.54 Å². The Labute approximate surface area is 131 Å². The van der Waals surface area contributed by atoms with Gasteiger partial charge < -0.3 is 9.72 Å². The SMILES string of the molecule is O=C(NCCc1noc(=O)[nH]1)c1cccn2cc(C(F)(F)F)nc12. The van der Waals surface area contributed by atoms with Gasteiger partial charge in [0.2, 0.25) is 0 Å². The summed E-state index contributed by atoms with van der Waals surface area (Å²) < 4.78 is 43.6. The molecule has 126 valence electrons. The van der Waals surface area contributed by atoms with E-state index in [0.29, 0.717) is 0 Å². The van der Waals surface area contributed by atoms with E-state index in [1.54, 1.807) is 0 Å². The topological polar surface area (TPSA) is 105 Å². The molecule has 3 heterocycles. The molecule has 0 atom stereocenters. The van der Waals surface area contributed by atoms with Crippen molar-refractivity contribution in [1.29, 1.82) is 0 Å². The van der Waals surface area contributed by atoms with Crippen LogP contribution in [0.5, 0.6) is 0 Å². The average Bonchev–Trinajstić information content (AvgIpc) is 3.12. The Morgan fingerprint density at radius 1 is 1.42 bits per heavy atom. The van der Waals surface area contributed by atoms with Crippen molar-refractivity contribution in [2.24, 2.45) is 0 Å². The molecule has 0 bridgehead atoms. The van der Waals surface area contributed by atoms with Crippen LogP contribution in [0.15, 0.2) is 33.8 Å². The minimum atomic E-state index is -4.60. The van der Waals surface area contributed by atoms with E-state index >= 15 is 0 Å². The molecule has 24 heavy (non-hydrogen) atoms. The Balaban J connectivity index is 1.76. The number of aromatic nitrogens is 4. The zero-order chi connectivity index (χ0) is 17.3. The van der Waals surface area contributed by atoms with Crippen molar-refractivity contribution in [2.45, 2.75) is 12.6 Å². The molecule has 3 rings (SSSR count). The van der Waals surface area contributed by atoms with Gasteiger partial charge in [0.25, 0.3) is 5.91 Å². The quantitative estimate of drug-likeness (QED) is 0.737. The summed E-state index contributed by atoms with van der Waals surface area (Å²) >= 11 is 0. The molecular formula is C13H10F3N5O3. The maximum Gasteiger partial charge on any atom is 0.438 e. The molecule has 0 aliphatic heterocycles. The lowest BCUT2D eigenvalue weighted by molar-refractivity contribution is -0.140. The molecule has 1 amide bonds. The molecule has 11 heteroatoms. The fourth-order valence-electron chi connectivity index (χ4n) is 2.08. The van der Waals surface area contributed by atoms with Crippen LogP contribution in [0.3, 0.4) is 0 Å². The van der Waals surface area contributed by atoms with Crippen molar-refractivity contribution in [3.05, 3.63) is 52.2 Å². The van der Waals surface area contributed by atoms with Gasteiger partial charge >= 0.3 is 11.9 Å². The molecule has 0 aliphatic rings. The zero-order valence-electron chi connectivity index (χ0n) is 11.9. The number of H-pyrrole nitrogens is 1. The summed E-state index contributed by atoms with van der Waals surface area (Å²) in [7, 11) is 0. The first-order valence-corrected chi connectivity index (χ1v) is 6.72. The van der Waals surface area contributed by atoms with Crippen molar-refractivity contribution < 1.29 is 22.5 Å². The van der Waals surface area contributed by atoms with Crippen LogP contribution < -0.4 is 11.1 Å². The lowest BCUT2D eigenvalue weighted by atomic mass is 10.2. The van der Waals surface area contributed by atoms with Gasteiger partial charge in [0.1, 0.15) is 5.65 Å². The first kappa shape index (κ1) is 15.8. The number of aromatic amines is 1. The van der Waals surface area contributed by atoms with Crippen LogP contribution in [0.25, 0.3) is 5.65 Å². The molecule has 0 saturated heterocycles. The Hall–Kier alpha value is -3.11. The average molecular weight is 341 g/mol. The summed E-state index contributed by atoms with van der Waals surface area (Å²) in [5, 5.41) is 5.95. The van der Waals surface area contributed by atoms with Crippen LogP contribution in [0.2, 0.25) is 0 Å². The van der Waals surface area contributed by atoms with E-state index in [9.17, 15) is 22.8 Å². The van der Waals surface area contributed by atoms with E-state index < -0.39 is 23.5 Å². The summed E-state index contributed by atoms with van der Waals surface area (Å²) in [6.45, 7) is 0.106. The highest BCUT2D eigenvalue weighted by molar-refractivity contribution is 5.99. The number of fused-ring (bicyclic) bond motifs is 1. The lowest BCUT2D eigenvalue weighted by Gasteiger charge is -2.05. The number of carbonyl (C=O) groups excluding carboxylic acids is 1. The maximum absolute atomic E-state index is 12.7. The third kappa shape index (κ3) is 3.14. The van der Waals surface area contributed by atoms with Crippen LogP contribution in [0.4, 0.5) is 13.2 Å². The molecule has 2 N–H and O–H groups in total. The maximum atomic E-state index is 12.7. The Kier molecular flexibility index (Phi) is 3.83. The first-order chi connectivity index (χ1) is 11.3. The number of alkyl halides is 3. The summed E-state index contributed by atoms with van der Waals surface area (Å²) in [6.07, 6.45) is -2.22. The van der Waals surface area contributed by atoms with Gasteiger partial charge in [-0.15, -0.1) is 0 Å². The smallest absolute Gasteiger partial charge is 0.351 e.